The molecular weight excluding hydrogens is 156 g/mol. The molecule has 0 spiro atoms. The van der Waals surface area contributed by atoms with E-state index in [1.54, 1.807) is 0 Å². The standard InChI is InChI=1S/C6H5F2NO2/c7-5-2-1-4(9(10)11)3-6(5)8/h3H,1-2H2. The summed E-state index contributed by atoms with van der Waals surface area (Å²) in [6, 6.07) is 0. The van der Waals surface area contributed by atoms with Crippen LogP contribution in [-0.2, 0) is 0 Å². The van der Waals surface area contributed by atoms with Crippen LogP contribution in [0.25, 0.3) is 0 Å². The molecule has 0 heterocycles. The van der Waals surface area contributed by atoms with Gasteiger partial charge in [-0.15, -0.1) is 0 Å². The van der Waals surface area contributed by atoms with Crippen LogP contribution in [0.5, 0.6) is 0 Å². The van der Waals surface area contributed by atoms with E-state index in [0.29, 0.717) is 6.08 Å². The van der Waals surface area contributed by atoms with Gasteiger partial charge < -0.3 is 0 Å². The number of rotatable bonds is 1. The molecule has 0 fully saturated rings. The molecule has 0 saturated heterocycles. The molecule has 1 aliphatic rings. The van der Waals surface area contributed by atoms with Gasteiger partial charge in [-0.2, -0.15) is 0 Å². The van der Waals surface area contributed by atoms with Gasteiger partial charge in [-0.25, -0.2) is 8.78 Å². The summed E-state index contributed by atoms with van der Waals surface area (Å²) in [5.74, 6) is -2.03. The SMILES string of the molecule is O=[N+]([O-])C1=CC(F)=C(F)CC1. The number of hydrogen-bond acceptors (Lipinski definition) is 2. The van der Waals surface area contributed by atoms with Crippen molar-refractivity contribution in [2.45, 2.75) is 12.8 Å². The minimum absolute atomic E-state index is 0.0355. The fraction of sp³-hybridized carbons (Fsp3) is 0.333. The molecule has 0 amide bonds. The Morgan fingerprint density at radius 3 is 2.55 bits per heavy atom. The molecule has 0 bridgehead atoms. The number of allylic oxidation sites excluding steroid dienone is 4. The molecule has 3 nitrogen and oxygen atoms in total. The van der Waals surface area contributed by atoms with Crippen molar-refractivity contribution < 1.29 is 13.7 Å². The molecule has 5 heteroatoms. The van der Waals surface area contributed by atoms with E-state index in [1.807, 2.05) is 0 Å². The van der Waals surface area contributed by atoms with E-state index in [1.165, 1.54) is 0 Å². The van der Waals surface area contributed by atoms with Gasteiger partial charge in [-0.1, -0.05) is 0 Å². The molecule has 0 unspecified atom stereocenters. The van der Waals surface area contributed by atoms with Gasteiger partial charge in [0.2, 0.25) is 5.70 Å². The van der Waals surface area contributed by atoms with Gasteiger partial charge in [-0.3, -0.25) is 10.1 Å². The van der Waals surface area contributed by atoms with Crippen molar-refractivity contribution in [1.82, 2.24) is 0 Å². The highest BCUT2D eigenvalue weighted by molar-refractivity contribution is 5.22. The topological polar surface area (TPSA) is 43.1 Å². The zero-order valence-corrected chi connectivity index (χ0v) is 5.51. The van der Waals surface area contributed by atoms with E-state index in [-0.39, 0.29) is 18.5 Å². The van der Waals surface area contributed by atoms with Gasteiger partial charge in [0.15, 0.2) is 5.83 Å². The molecule has 0 N–H and O–H groups in total. The first-order chi connectivity index (χ1) is 5.11. The van der Waals surface area contributed by atoms with Crippen molar-refractivity contribution in [3.05, 3.63) is 33.5 Å². The lowest BCUT2D eigenvalue weighted by atomic mass is 10.1. The van der Waals surface area contributed by atoms with E-state index in [4.69, 9.17) is 0 Å². The lowest BCUT2D eigenvalue weighted by molar-refractivity contribution is -0.428. The summed E-state index contributed by atoms with van der Waals surface area (Å²) in [5.41, 5.74) is -0.274. The molecule has 0 aromatic heterocycles. The monoisotopic (exact) mass is 161 g/mol. The molecule has 0 atom stereocenters. The summed E-state index contributed by atoms with van der Waals surface area (Å²) in [7, 11) is 0. The maximum Gasteiger partial charge on any atom is 0.249 e. The number of hydrogen-bond donors (Lipinski definition) is 0. The summed E-state index contributed by atoms with van der Waals surface area (Å²) in [4.78, 5) is 9.33. The molecule has 1 aliphatic carbocycles. The Kier molecular flexibility index (Phi) is 1.98. The Morgan fingerprint density at radius 2 is 2.09 bits per heavy atom. The second-order valence-corrected chi connectivity index (χ2v) is 2.15. The fourth-order valence-corrected chi connectivity index (χ4v) is 0.798. The van der Waals surface area contributed by atoms with E-state index in [9.17, 15) is 18.9 Å². The van der Waals surface area contributed by atoms with E-state index in [0.717, 1.165) is 0 Å². The average molecular weight is 161 g/mol. The second-order valence-electron chi connectivity index (χ2n) is 2.15. The van der Waals surface area contributed by atoms with Gasteiger partial charge in [0, 0.05) is 18.9 Å². The quantitative estimate of drug-likeness (QED) is 0.436. The zero-order valence-electron chi connectivity index (χ0n) is 5.51. The molecule has 0 radical (unpaired) electrons. The first-order valence-corrected chi connectivity index (χ1v) is 3.00. The first kappa shape index (κ1) is 7.84. The normalized spacial score (nSPS) is 18.2. The largest absolute Gasteiger partial charge is 0.259 e. The fourth-order valence-electron chi connectivity index (χ4n) is 0.798. The molecule has 1 rings (SSSR count). The number of nitro groups is 1. The Hall–Kier alpha value is -1.26. The predicted octanol–water partition coefficient (Wildman–Crippen LogP) is 2.09. The summed E-state index contributed by atoms with van der Waals surface area (Å²) in [5, 5.41) is 10.0. The third kappa shape index (κ3) is 1.60. The minimum atomic E-state index is -1.12. The van der Waals surface area contributed by atoms with Crippen molar-refractivity contribution >= 4 is 0 Å². The maximum absolute atomic E-state index is 12.3. The van der Waals surface area contributed by atoms with Crippen LogP contribution in [0.4, 0.5) is 8.78 Å². The molecule has 60 valence electrons. The predicted molar refractivity (Wildman–Crippen MR) is 33.6 cm³/mol. The van der Waals surface area contributed by atoms with Crippen molar-refractivity contribution in [2.75, 3.05) is 0 Å². The first-order valence-electron chi connectivity index (χ1n) is 3.00. The lowest BCUT2D eigenvalue weighted by Crippen LogP contribution is -2.03. The Balaban J connectivity index is 2.89. The smallest absolute Gasteiger partial charge is 0.249 e. The highest BCUT2D eigenvalue weighted by atomic mass is 19.2. The zero-order chi connectivity index (χ0) is 8.43. The van der Waals surface area contributed by atoms with E-state index in [2.05, 4.69) is 0 Å². The third-order valence-corrected chi connectivity index (χ3v) is 1.39. The molecule has 0 aromatic carbocycles. The summed E-state index contributed by atoms with van der Waals surface area (Å²) < 4.78 is 24.6. The van der Waals surface area contributed by atoms with Gasteiger partial charge in [0.25, 0.3) is 0 Å². The molecule has 11 heavy (non-hydrogen) atoms. The van der Waals surface area contributed by atoms with Crippen molar-refractivity contribution in [3.8, 4) is 0 Å². The van der Waals surface area contributed by atoms with Gasteiger partial charge in [0.1, 0.15) is 5.83 Å². The summed E-state index contributed by atoms with van der Waals surface area (Å²) >= 11 is 0. The van der Waals surface area contributed by atoms with Crippen LogP contribution in [0.1, 0.15) is 12.8 Å². The maximum atomic E-state index is 12.3. The van der Waals surface area contributed by atoms with Crippen LogP contribution in [-0.4, -0.2) is 4.92 Å². The van der Waals surface area contributed by atoms with Crippen LogP contribution in [0.3, 0.4) is 0 Å². The van der Waals surface area contributed by atoms with Crippen LogP contribution < -0.4 is 0 Å². The van der Waals surface area contributed by atoms with Gasteiger partial charge in [-0.05, 0) is 0 Å². The second kappa shape index (κ2) is 2.77. The van der Waals surface area contributed by atoms with E-state index >= 15 is 0 Å². The Bertz CT molecular complexity index is 257. The molecule has 0 aliphatic heterocycles. The molecular formula is C6H5F2NO2. The van der Waals surface area contributed by atoms with E-state index < -0.39 is 16.6 Å². The average Bonchev–Trinajstić information content (AvgIpc) is 1.94. The Labute approximate surface area is 61.2 Å². The number of halogens is 2. The highest BCUT2D eigenvalue weighted by Crippen LogP contribution is 2.25. The van der Waals surface area contributed by atoms with Crippen LogP contribution in [0.2, 0.25) is 0 Å². The van der Waals surface area contributed by atoms with Crippen molar-refractivity contribution in [3.63, 3.8) is 0 Å². The van der Waals surface area contributed by atoms with Crippen molar-refractivity contribution in [2.24, 2.45) is 0 Å². The number of nitrogens with zero attached hydrogens (tertiary/aromatic N) is 1. The molecule has 0 saturated carbocycles. The van der Waals surface area contributed by atoms with Crippen LogP contribution in [0, 0.1) is 10.1 Å². The minimum Gasteiger partial charge on any atom is -0.259 e. The molecule has 0 aromatic rings. The van der Waals surface area contributed by atoms with Gasteiger partial charge >= 0.3 is 0 Å². The highest BCUT2D eigenvalue weighted by Gasteiger charge is 2.20. The van der Waals surface area contributed by atoms with Crippen molar-refractivity contribution in [1.29, 1.82) is 0 Å². The summed E-state index contributed by atoms with van der Waals surface area (Å²) in [6.07, 6.45) is 0.379. The third-order valence-electron chi connectivity index (χ3n) is 1.39. The summed E-state index contributed by atoms with van der Waals surface area (Å²) in [6.45, 7) is 0. The van der Waals surface area contributed by atoms with Crippen LogP contribution >= 0.6 is 0 Å². The lowest BCUT2D eigenvalue weighted by Gasteiger charge is -2.03. The Morgan fingerprint density at radius 1 is 1.45 bits per heavy atom. The van der Waals surface area contributed by atoms with Gasteiger partial charge in [0.05, 0.1) is 4.92 Å². The van der Waals surface area contributed by atoms with Crippen LogP contribution in [0.15, 0.2) is 23.4 Å².